The molecule has 0 bridgehead atoms. The molecule has 7 nitrogen and oxygen atoms in total. The lowest BCUT2D eigenvalue weighted by Gasteiger charge is -2.37. The van der Waals surface area contributed by atoms with Gasteiger partial charge in [0.2, 0.25) is 5.91 Å². The van der Waals surface area contributed by atoms with Gasteiger partial charge in [-0.25, -0.2) is 12.8 Å². The highest BCUT2D eigenvalue weighted by Gasteiger charge is 2.30. The highest BCUT2D eigenvalue weighted by atomic mass is 35.5. The van der Waals surface area contributed by atoms with Crippen LogP contribution in [0.25, 0.3) is 0 Å². The Kier molecular flexibility index (Phi) is 7.47. The lowest BCUT2D eigenvalue weighted by Crippen LogP contribution is -2.52. The second-order valence-electron chi connectivity index (χ2n) is 8.01. The average molecular weight is 518 g/mol. The van der Waals surface area contributed by atoms with Gasteiger partial charge in [0.25, 0.3) is 10.0 Å². The largest absolute Gasteiger partial charge is 0.497 e. The zero-order valence-electron chi connectivity index (χ0n) is 19.1. The third-order valence-electron chi connectivity index (χ3n) is 5.87. The summed E-state index contributed by atoms with van der Waals surface area (Å²) >= 11 is 6.00. The number of benzene rings is 3. The molecule has 1 aliphatic heterocycles. The number of sulfonamides is 1. The van der Waals surface area contributed by atoms with Gasteiger partial charge in [-0.15, -0.1) is 0 Å². The molecule has 4 rings (SSSR count). The molecule has 0 spiro atoms. The summed E-state index contributed by atoms with van der Waals surface area (Å²) in [6.45, 7) is 1.61. The Balaban J connectivity index is 1.52. The van der Waals surface area contributed by atoms with Crippen molar-refractivity contribution in [2.24, 2.45) is 0 Å². The number of nitrogens with zero attached hydrogens (tertiary/aromatic N) is 3. The molecule has 1 heterocycles. The third kappa shape index (κ3) is 5.68. The van der Waals surface area contributed by atoms with Gasteiger partial charge in [-0.05, 0) is 72.8 Å². The van der Waals surface area contributed by atoms with Gasteiger partial charge in [-0.1, -0.05) is 11.6 Å². The number of anilines is 2. The van der Waals surface area contributed by atoms with Crippen molar-refractivity contribution >= 4 is 38.9 Å². The molecule has 0 aromatic heterocycles. The Hall–Kier alpha value is -3.30. The van der Waals surface area contributed by atoms with E-state index in [-0.39, 0.29) is 23.2 Å². The number of ether oxygens (including phenoxy) is 1. The molecule has 0 atom stereocenters. The standard InChI is InChI=1S/C25H25ClFN3O4S/c1-34-23-10-12-24(13-11-23)35(32,33)30(22-6-2-19(26)3-7-22)18-25(31)29-16-14-28(15-17-29)21-8-4-20(27)5-9-21/h2-13H,14-18H2,1H3. The molecule has 0 radical (unpaired) electrons. The maximum atomic E-state index is 13.5. The molecule has 1 saturated heterocycles. The molecular weight excluding hydrogens is 493 g/mol. The molecule has 184 valence electrons. The first-order chi connectivity index (χ1) is 16.8. The number of rotatable bonds is 7. The first-order valence-corrected chi connectivity index (χ1v) is 12.8. The van der Waals surface area contributed by atoms with Crippen molar-refractivity contribution < 1.29 is 22.3 Å². The summed E-state index contributed by atoms with van der Waals surface area (Å²) in [5, 5.41) is 0.457. The molecule has 0 aliphatic carbocycles. The number of methoxy groups -OCH3 is 1. The van der Waals surface area contributed by atoms with Crippen LogP contribution in [0.5, 0.6) is 5.75 Å². The second kappa shape index (κ2) is 10.5. The van der Waals surface area contributed by atoms with Gasteiger partial charge in [-0.2, -0.15) is 0 Å². The van der Waals surface area contributed by atoms with E-state index in [1.165, 1.54) is 31.4 Å². The monoisotopic (exact) mass is 517 g/mol. The molecule has 1 aliphatic rings. The summed E-state index contributed by atoms with van der Waals surface area (Å²) in [5.41, 5.74) is 1.21. The van der Waals surface area contributed by atoms with Gasteiger partial charge in [0.1, 0.15) is 18.1 Å². The molecule has 0 saturated carbocycles. The summed E-state index contributed by atoms with van der Waals surface area (Å²) in [6, 6.07) is 18.5. The fourth-order valence-electron chi connectivity index (χ4n) is 3.89. The third-order valence-corrected chi connectivity index (χ3v) is 7.91. The van der Waals surface area contributed by atoms with Crippen LogP contribution in [-0.4, -0.2) is 59.1 Å². The minimum Gasteiger partial charge on any atom is -0.497 e. The van der Waals surface area contributed by atoms with E-state index in [2.05, 4.69) is 4.90 Å². The highest BCUT2D eigenvalue weighted by Crippen LogP contribution is 2.27. The van der Waals surface area contributed by atoms with Gasteiger partial charge >= 0.3 is 0 Å². The van der Waals surface area contributed by atoms with Crippen molar-refractivity contribution in [1.82, 2.24) is 4.90 Å². The van der Waals surface area contributed by atoms with Gasteiger partial charge in [0, 0.05) is 36.9 Å². The van der Waals surface area contributed by atoms with Crippen LogP contribution in [0.15, 0.2) is 77.7 Å². The summed E-state index contributed by atoms with van der Waals surface area (Å²) in [6.07, 6.45) is 0. The quantitative estimate of drug-likeness (QED) is 0.473. The number of halogens is 2. The number of hydrogen-bond donors (Lipinski definition) is 0. The normalized spacial score (nSPS) is 14.0. The molecule has 0 N–H and O–H groups in total. The number of piperazine rings is 1. The van der Waals surface area contributed by atoms with E-state index in [0.29, 0.717) is 42.6 Å². The predicted molar refractivity (Wildman–Crippen MR) is 134 cm³/mol. The molecule has 3 aromatic carbocycles. The van der Waals surface area contributed by atoms with E-state index in [0.717, 1.165) is 9.99 Å². The fraction of sp³-hybridized carbons (Fsp3) is 0.240. The first-order valence-electron chi connectivity index (χ1n) is 11.0. The molecule has 35 heavy (non-hydrogen) atoms. The van der Waals surface area contributed by atoms with Crippen molar-refractivity contribution in [2.75, 3.05) is 49.0 Å². The Morgan fingerprint density at radius 1 is 0.943 bits per heavy atom. The molecule has 3 aromatic rings. The van der Waals surface area contributed by atoms with Crippen molar-refractivity contribution in [3.8, 4) is 5.75 Å². The first kappa shape index (κ1) is 24.8. The zero-order chi connectivity index (χ0) is 25.0. The van der Waals surface area contributed by atoms with Crippen molar-refractivity contribution in [2.45, 2.75) is 4.90 Å². The van der Waals surface area contributed by atoms with Crippen LogP contribution in [-0.2, 0) is 14.8 Å². The smallest absolute Gasteiger partial charge is 0.264 e. The van der Waals surface area contributed by atoms with E-state index in [1.54, 1.807) is 53.4 Å². The molecule has 1 fully saturated rings. The summed E-state index contributed by atoms with van der Waals surface area (Å²) in [5.74, 6) is -0.0872. The van der Waals surface area contributed by atoms with Crippen LogP contribution >= 0.6 is 11.6 Å². The summed E-state index contributed by atoms with van der Waals surface area (Å²) in [4.78, 5) is 17.0. The van der Waals surface area contributed by atoms with Crippen LogP contribution in [0.3, 0.4) is 0 Å². The van der Waals surface area contributed by atoms with Gasteiger partial charge in [-0.3, -0.25) is 9.10 Å². The predicted octanol–water partition coefficient (Wildman–Crippen LogP) is 4.03. The number of carbonyl (C=O) groups excluding carboxylic acids is 1. The lowest BCUT2D eigenvalue weighted by molar-refractivity contribution is -0.129. The zero-order valence-corrected chi connectivity index (χ0v) is 20.7. The topological polar surface area (TPSA) is 70.2 Å². The maximum Gasteiger partial charge on any atom is 0.264 e. The second-order valence-corrected chi connectivity index (χ2v) is 10.3. The Morgan fingerprint density at radius 3 is 2.11 bits per heavy atom. The number of hydrogen-bond acceptors (Lipinski definition) is 5. The number of carbonyl (C=O) groups is 1. The Labute approximate surface area is 209 Å². The molecule has 10 heteroatoms. The number of amides is 1. The minimum absolute atomic E-state index is 0.0437. The van der Waals surface area contributed by atoms with Crippen LogP contribution in [0.4, 0.5) is 15.8 Å². The van der Waals surface area contributed by atoms with E-state index in [9.17, 15) is 17.6 Å². The van der Waals surface area contributed by atoms with Gasteiger partial charge in [0.15, 0.2) is 0 Å². The van der Waals surface area contributed by atoms with Gasteiger partial charge in [0.05, 0.1) is 17.7 Å². The Morgan fingerprint density at radius 2 is 1.54 bits per heavy atom. The van der Waals surface area contributed by atoms with Crippen LogP contribution in [0.1, 0.15) is 0 Å². The average Bonchev–Trinajstić information content (AvgIpc) is 2.88. The Bertz CT molecular complexity index is 1260. The SMILES string of the molecule is COc1ccc(S(=O)(=O)N(CC(=O)N2CCN(c3ccc(F)cc3)CC2)c2ccc(Cl)cc2)cc1. The van der Waals surface area contributed by atoms with E-state index >= 15 is 0 Å². The fourth-order valence-corrected chi connectivity index (χ4v) is 5.43. The highest BCUT2D eigenvalue weighted by molar-refractivity contribution is 7.92. The lowest BCUT2D eigenvalue weighted by atomic mass is 10.2. The van der Waals surface area contributed by atoms with E-state index in [1.807, 2.05) is 0 Å². The maximum absolute atomic E-state index is 13.5. The van der Waals surface area contributed by atoms with E-state index < -0.39 is 10.0 Å². The molecular formula is C25H25ClFN3O4S. The van der Waals surface area contributed by atoms with E-state index in [4.69, 9.17) is 16.3 Å². The van der Waals surface area contributed by atoms with Gasteiger partial charge < -0.3 is 14.5 Å². The van der Waals surface area contributed by atoms with Crippen molar-refractivity contribution in [3.63, 3.8) is 0 Å². The van der Waals surface area contributed by atoms with Crippen LogP contribution in [0, 0.1) is 5.82 Å². The van der Waals surface area contributed by atoms with Crippen molar-refractivity contribution in [1.29, 1.82) is 0 Å². The molecule has 0 unspecified atom stereocenters. The summed E-state index contributed by atoms with van der Waals surface area (Å²) < 4.78 is 46.5. The minimum atomic E-state index is -4.04. The van der Waals surface area contributed by atoms with Crippen LogP contribution < -0.4 is 13.9 Å². The van der Waals surface area contributed by atoms with Crippen LogP contribution in [0.2, 0.25) is 5.02 Å². The van der Waals surface area contributed by atoms with Crippen molar-refractivity contribution in [3.05, 3.63) is 83.6 Å². The summed E-state index contributed by atoms with van der Waals surface area (Å²) in [7, 11) is -2.54. The molecule has 1 amide bonds.